The third-order valence-corrected chi connectivity index (χ3v) is 4.47. The summed E-state index contributed by atoms with van der Waals surface area (Å²) in [5.41, 5.74) is 4.23. The van der Waals surface area contributed by atoms with Crippen molar-refractivity contribution in [3.8, 4) is 0 Å². The molecule has 0 radical (unpaired) electrons. The van der Waals surface area contributed by atoms with Crippen LogP contribution < -0.4 is 10.6 Å². The van der Waals surface area contributed by atoms with Crippen LogP contribution in [0.25, 0.3) is 0 Å². The maximum Gasteiger partial charge on any atom is 0.253 e. The SMILES string of the molecule is Cc1cccc(NC(=O)CNc2cccc(C(=O)N(C)Cc3ccccc3)c2)c1. The van der Waals surface area contributed by atoms with Crippen molar-refractivity contribution >= 4 is 23.2 Å². The topological polar surface area (TPSA) is 61.4 Å². The highest BCUT2D eigenvalue weighted by molar-refractivity contribution is 5.96. The Balaban J connectivity index is 1.57. The Morgan fingerprint density at radius 3 is 2.34 bits per heavy atom. The molecule has 0 saturated carbocycles. The third-order valence-electron chi connectivity index (χ3n) is 4.47. The molecule has 0 bridgehead atoms. The van der Waals surface area contributed by atoms with Crippen molar-refractivity contribution in [2.24, 2.45) is 0 Å². The zero-order valence-electron chi connectivity index (χ0n) is 16.7. The molecule has 0 spiro atoms. The predicted octanol–water partition coefficient (Wildman–Crippen LogP) is 4.32. The first kappa shape index (κ1) is 20.1. The first-order valence-electron chi connectivity index (χ1n) is 9.51. The van der Waals surface area contributed by atoms with Crippen molar-refractivity contribution in [1.82, 2.24) is 4.90 Å². The van der Waals surface area contributed by atoms with Gasteiger partial charge in [0.15, 0.2) is 0 Å². The Morgan fingerprint density at radius 1 is 0.862 bits per heavy atom. The van der Waals surface area contributed by atoms with Crippen LogP contribution in [0.1, 0.15) is 21.5 Å². The Morgan fingerprint density at radius 2 is 1.59 bits per heavy atom. The van der Waals surface area contributed by atoms with Crippen molar-refractivity contribution < 1.29 is 9.59 Å². The lowest BCUT2D eigenvalue weighted by molar-refractivity contribution is -0.114. The summed E-state index contributed by atoms with van der Waals surface area (Å²) in [6.07, 6.45) is 0. The molecule has 0 aromatic heterocycles. The van der Waals surface area contributed by atoms with Crippen LogP contribution >= 0.6 is 0 Å². The minimum atomic E-state index is -0.145. The van der Waals surface area contributed by atoms with Gasteiger partial charge in [0.2, 0.25) is 5.91 Å². The normalized spacial score (nSPS) is 10.3. The Bertz CT molecular complexity index is 986. The second-order valence-electron chi connectivity index (χ2n) is 7.00. The molecule has 0 aliphatic heterocycles. The summed E-state index contributed by atoms with van der Waals surface area (Å²) in [5.74, 6) is -0.213. The predicted molar refractivity (Wildman–Crippen MR) is 117 cm³/mol. The monoisotopic (exact) mass is 387 g/mol. The van der Waals surface area contributed by atoms with Gasteiger partial charge >= 0.3 is 0 Å². The third kappa shape index (κ3) is 5.94. The number of amides is 2. The molecule has 0 unspecified atom stereocenters. The number of nitrogens with one attached hydrogen (secondary N) is 2. The zero-order chi connectivity index (χ0) is 20.6. The summed E-state index contributed by atoms with van der Waals surface area (Å²) < 4.78 is 0. The smallest absolute Gasteiger partial charge is 0.253 e. The molecule has 0 atom stereocenters. The summed E-state index contributed by atoms with van der Waals surface area (Å²) in [4.78, 5) is 26.6. The molecule has 0 fully saturated rings. The highest BCUT2D eigenvalue weighted by Crippen LogP contribution is 2.14. The molecule has 0 saturated heterocycles. The Kier molecular flexibility index (Phi) is 6.63. The van der Waals surface area contributed by atoms with Crippen molar-refractivity contribution in [3.63, 3.8) is 0 Å². The van der Waals surface area contributed by atoms with Crippen LogP contribution in [-0.4, -0.2) is 30.3 Å². The molecular formula is C24H25N3O2. The number of rotatable bonds is 7. The van der Waals surface area contributed by atoms with Gasteiger partial charge in [0.25, 0.3) is 5.91 Å². The molecule has 3 rings (SSSR count). The first-order chi connectivity index (χ1) is 14.0. The van der Waals surface area contributed by atoms with Gasteiger partial charge in [0.1, 0.15) is 0 Å². The molecule has 5 heteroatoms. The average molecular weight is 387 g/mol. The highest BCUT2D eigenvalue weighted by Gasteiger charge is 2.13. The Hall–Kier alpha value is -3.60. The highest BCUT2D eigenvalue weighted by atomic mass is 16.2. The molecule has 148 valence electrons. The van der Waals surface area contributed by atoms with Crippen molar-refractivity contribution in [2.75, 3.05) is 24.2 Å². The van der Waals surface area contributed by atoms with E-state index in [2.05, 4.69) is 10.6 Å². The van der Waals surface area contributed by atoms with Crippen LogP contribution in [0.3, 0.4) is 0 Å². The van der Waals surface area contributed by atoms with Crippen LogP contribution in [0.4, 0.5) is 11.4 Å². The van der Waals surface area contributed by atoms with Gasteiger partial charge in [-0.3, -0.25) is 9.59 Å². The fourth-order valence-electron chi connectivity index (χ4n) is 3.02. The van der Waals surface area contributed by atoms with Gasteiger partial charge in [-0.2, -0.15) is 0 Å². The van der Waals surface area contributed by atoms with E-state index in [1.54, 1.807) is 24.1 Å². The van der Waals surface area contributed by atoms with Gasteiger partial charge in [0.05, 0.1) is 6.54 Å². The molecule has 5 nitrogen and oxygen atoms in total. The molecule has 3 aromatic rings. The summed E-state index contributed by atoms with van der Waals surface area (Å²) >= 11 is 0. The van der Waals surface area contributed by atoms with E-state index in [1.807, 2.05) is 73.7 Å². The number of carbonyl (C=O) groups excluding carboxylic acids is 2. The van der Waals surface area contributed by atoms with Gasteiger partial charge in [-0.15, -0.1) is 0 Å². The van der Waals surface area contributed by atoms with E-state index < -0.39 is 0 Å². The zero-order valence-corrected chi connectivity index (χ0v) is 16.7. The quantitative estimate of drug-likeness (QED) is 0.635. The molecule has 2 N–H and O–H groups in total. The van der Waals surface area contributed by atoms with E-state index in [0.717, 1.165) is 22.5 Å². The van der Waals surface area contributed by atoms with Crippen LogP contribution in [0, 0.1) is 6.92 Å². The van der Waals surface area contributed by atoms with Gasteiger partial charge in [-0.05, 0) is 48.4 Å². The van der Waals surface area contributed by atoms with Gasteiger partial charge in [0, 0.05) is 30.5 Å². The number of anilines is 2. The summed E-state index contributed by atoms with van der Waals surface area (Å²) in [7, 11) is 1.78. The minimum absolute atomic E-state index is 0.0679. The summed E-state index contributed by atoms with van der Waals surface area (Å²) in [6, 6.07) is 24.7. The van der Waals surface area contributed by atoms with Crippen LogP contribution in [0.5, 0.6) is 0 Å². The maximum atomic E-state index is 12.7. The lowest BCUT2D eigenvalue weighted by Gasteiger charge is -2.18. The molecular weight excluding hydrogens is 362 g/mol. The molecule has 0 heterocycles. The van der Waals surface area contributed by atoms with E-state index in [9.17, 15) is 9.59 Å². The number of benzene rings is 3. The first-order valence-corrected chi connectivity index (χ1v) is 9.51. The molecule has 29 heavy (non-hydrogen) atoms. The van der Waals surface area contributed by atoms with Crippen LogP contribution in [0.15, 0.2) is 78.9 Å². The van der Waals surface area contributed by atoms with E-state index in [1.165, 1.54) is 0 Å². The van der Waals surface area contributed by atoms with E-state index in [0.29, 0.717) is 12.1 Å². The second-order valence-corrected chi connectivity index (χ2v) is 7.00. The van der Waals surface area contributed by atoms with Crippen molar-refractivity contribution in [3.05, 3.63) is 95.6 Å². The minimum Gasteiger partial charge on any atom is -0.376 e. The fourth-order valence-corrected chi connectivity index (χ4v) is 3.02. The molecule has 0 aliphatic rings. The fraction of sp³-hybridized carbons (Fsp3) is 0.167. The average Bonchev–Trinajstić information content (AvgIpc) is 2.72. The van der Waals surface area contributed by atoms with E-state index in [4.69, 9.17) is 0 Å². The Labute approximate surface area is 171 Å². The second kappa shape index (κ2) is 9.55. The van der Waals surface area contributed by atoms with Gasteiger partial charge < -0.3 is 15.5 Å². The van der Waals surface area contributed by atoms with Gasteiger partial charge in [-0.1, -0.05) is 48.5 Å². The molecule has 0 aliphatic carbocycles. The number of nitrogens with zero attached hydrogens (tertiary/aromatic N) is 1. The largest absolute Gasteiger partial charge is 0.376 e. The van der Waals surface area contributed by atoms with E-state index >= 15 is 0 Å². The van der Waals surface area contributed by atoms with Crippen molar-refractivity contribution in [2.45, 2.75) is 13.5 Å². The van der Waals surface area contributed by atoms with Crippen molar-refractivity contribution in [1.29, 1.82) is 0 Å². The number of hydrogen-bond donors (Lipinski definition) is 2. The maximum absolute atomic E-state index is 12.7. The molecule has 3 aromatic carbocycles. The number of aryl methyl sites for hydroxylation is 1. The lowest BCUT2D eigenvalue weighted by Crippen LogP contribution is -2.26. The van der Waals surface area contributed by atoms with Gasteiger partial charge in [-0.25, -0.2) is 0 Å². The van der Waals surface area contributed by atoms with Crippen LogP contribution in [0.2, 0.25) is 0 Å². The number of hydrogen-bond acceptors (Lipinski definition) is 3. The lowest BCUT2D eigenvalue weighted by atomic mass is 10.1. The molecule has 2 amide bonds. The summed E-state index contributed by atoms with van der Waals surface area (Å²) in [6.45, 7) is 2.63. The number of carbonyl (C=O) groups is 2. The summed E-state index contributed by atoms with van der Waals surface area (Å²) in [5, 5.41) is 5.94. The van der Waals surface area contributed by atoms with E-state index in [-0.39, 0.29) is 18.4 Å². The standard InChI is InChI=1S/C24H25N3O2/c1-18-8-6-13-22(14-18)26-23(28)16-25-21-12-7-11-20(15-21)24(29)27(2)17-19-9-4-3-5-10-19/h3-15,25H,16-17H2,1-2H3,(H,26,28). The van der Waals surface area contributed by atoms with Crippen LogP contribution in [-0.2, 0) is 11.3 Å².